The molecule has 1 aliphatic heterocycles. The third kappa shape index (κ3) is 4.66. The molecule has 0 aromatic rings. The fourth-order valence-electron chi connectivity index (χ4n) is 1.94. The van der Waals surface area contributed by atoms with Crippen LogP contribution in [-0.4, -0.2) is 65.4 Å². The van der Waals surface area contributed by atoms with Crippen molar-refractivity contribution in [3.8, 4) is 0 Å². The second-order valence-electron chi connectivity index (χ2n) is 4.47. The summed E-state index contributed by atoms with van der Waals surface area (Å²) in [5.41, 5.74) is 0. The molecule has 0 aromatic carbocycles. The molecule has 0 amide bonds. The Bertz CT molecular complexity index is 408. The van der Waals surface area contributed by atoms with E-state index >= 15 is 0 Å². The van der Waals surface area contributed by atoms with E-state index in [1.165, 1.54) is 0 Å². The molecule has 1 heterocycles. The topological polar surface area (TPSA) is 129 Å². The van der Waals surface area contributed by atoms with Crippen molar-refractivity contribution in [1.29, 1.82) is 0 Å². The van der Waals surface area contributed by atoms with E-state index in [1.807, 2.05) is 0 Å². The van der Waals surface area contributed by atoms with Gasteiger partial charge in [-0.15, -0.1) is 0 Å². The first-order chi connectivity index (χ1) is 9.76. The Kier molecular flexibility index (Phi) is 6.06. The predicted molar refractivity (Wildman–Crippen MR) is 64.6 cm³/mol. The van der Waals surface area contributed by atoms with Crippen LogP contribution in [0.5, 0.6) is 0 Å². The first-order valence-corrected chi connectivity index (χ1v) is 6.22. The summed E-state index contributed by atoms with van der Waals surface area (Å²) in [6.07, 6.45) is -6.69. The molecule has 1 rings (SSSR count). The van der Waals surface area contributed by atoms with E-state index in [9.17, 15) is 19.5 Å². The van der Waals surface area contributed by atoms with Gasteiger partial charge in [0.25, 0.3) is 0 Å². The second-order valence-corrected chi connectivity index (χ2v) is 4.47. The molecule has 2 N–H and O–H groups in total. The Labute approximate surface area is 120 Å². The molecule has 9 heteroatoms. The number of carbonyl (C=O) groups excluding carboxylic acids is 3. The summed E-state index contributed by atoms with van der Waals surface area (Å²) in [4.78, 5) is 33.3. The first-order valence-electron chi connectivity index (χ1n) is 6.22. The molecular weight excluding hydrogens is 288 g/mol. The van der Waals surface area contributed by atoms with Crippen LogP contribution in [0, 0.1) is 0 Å². The quantitative estimate of drug-likeness (QED) is 0.470. The lowest BCUT2D eigenvalue weighted by molar-refractivity contribution is -0.297. The Morgan fingerprint density at radius 1 is 0.952 bits per heavy atom. The van der Waals surface area contributed by atoms with Crippen molar-refractivity contribution >= 4 is 17.9 Å². The normalized spacial score (nSPS) is 32.1. The highest BCUT2D eigenvalue weighted by molar-refractivity contribution is 5.68. The van der Waals surface area contributed by atoms with Gasteiger partial charge in [0, 0.05) is 20.8 Å². The summed E-state index contributed by atoms with van der Waals surface area (Å²) in [5, 5.41) is 19.2. The van der Waals surface area contributed by atoms with Crippen LogP contribution in [0.2, 0.25) is 0 Å². The van der Waals surface area contributed by atoms with Gasteiger partial charge in [0.1, 0.15) is 12.2 Å². The molecule has 0 bridgehead atoms. The van der Waals surface area contributed by atoms with E-state index in [2.05, 4.69) is 0 Å². The number of hydrogen-bond acceptors (Lipinski definition) is 9. The van der Waals surface area contributed by atoms with Crippen molar-refractivity contribution < 1.29 is 43.5 Å². The molecule has 0 radical (unpaired) electrons. The minimum absolute atomic E-state index is 0.608. The summed E-state index contributed by atoms with van der Waals surface area (Å²) in [7, 11) is 0. The lowest BCUT2D eigenvalue weighted by Crippen LogP contribution is -2.61. The predicted octanol–water partition coefficient (Wildman–Crippen LogP) is -1.51. The smallest absolute Gasteiger partial charge is 0.305 e. The highest BCUT2D eigenvalue weighted by Crippen LogP contribution is 2.27. The SMILES string of the molecule is CC(=O)OC1O[C@H](CO)[C@@H](O)[C@H](OC(C)=O)[C@@H]1OC(C)=O. The maximum atomic E-state index is 11.1. The molecule has 1 aliphatic rings. The number of rotatable bonds is 4. The minimum Gasteiger partial charge on any atom is -0.455 e. The van der Waals surface area contributed by atoms with Crippen LogP contribution in [0.25, 0.3) is 0 Å². The van der Waals surface area contributed by atoms with E-state index < -0.39 is 55.2 Å². The molecule has 9 nitrogen and oxygen atoms in total. The maximum Gasteiger partial charge on any atom is 0.305 e. The Morgan fingerprint density at radius 2 is 1.43 bits per heavy atom. The summed E-state index contributed by atoms with van der Waals surface area (Å²) < 4.78 is 19.9. The monoisotopic (exact) mass is 306 g/mol. The van der Waals surface area contributed by atoms with Crippen LogP contribution in [0.4, 0.5) is 0 Å². The van der Waals surface area contributed by atoms with Crippen LogP contribution < -0.4 is 0 Å². The minimum atomic E-state index is -1.45. The van der Waals surface area contributed by atoms with Crippen molar-refractivity contribution in [2.45, 2.75) is 51.5 Å². The van der Waals surface area contributed by atoms with Gasteiger partial charge >= 0.3 is 17.9 Å². The van der Waals surface area contributed by atoms with Gasteiger partial charge < -0.3 is 29.2 Å². The van der Waals surface area contributed by atoms with Crippen molar-refractivity contribution in [3.63, 3.8) is 0 Å². The molecule has 0 saturated carbocycles. The standard InChI is InChI=1S/C12H18O9/c1-5(14)18-10-9(17)8(4-13)21-12(20-7(3)16)11(10)19-6(2)15/h8-13,17H,4H2,1-3H3/t8-,9-,10+,11+,12?/m1/s1. The highest BCUT2D eigenvalue weighted by Gasteiger charge is 2.50. The van der Waals surface area contributed by atoms with E-state index in [1.54, 1.807) is 0 Å². The van der Waals surface area contributed by atoms with Crippen molar-refractivity contribution in [2.75, 3.05) is 6.61 Å². The highest BCUT2D eigenvalue weighted by atomic mass is 16.7. The number of hydrogen-bond donors (Lipinski definition) is 2. The van der Waals surface area contributed by atoms with E-state index in [0.717, 1.165) is 20.8 Å². The third-order valence-electron chi connectivity index (χ3n) is 2.68. The molecule has 1 unspecified atom stereocenters. The number of aliphatic hydroxyl groups excluding tert-OH is 2. The zero-order chi connectivity index (χ0) is 16.2. The van der Waals surface area contributed by atoms with Crippen molar-refractivity contribution in [3.05, 3.63) is 0 Å². The van der Waals surface area contributed by atoms with Crippen LogP contribution in [0.1, 0.15) is 20.8 Å². The average molecular weight is 306 g/mol. The Hall–Kier alpha value is -1.71. The van der Waals surface area contributed by atoms with Crippen LogP contribution in [0.15, 0.2) is 0 Å². The second kappa shape index (κ2) is 7.34. The summed E-state index contributed by atoms with van der Waals surface area (Å²) in [5.74, 6) is -2.21. The fraction of sp³-hybridized carbons (Fsp3) is 0.750. The van der Waals surface area contributed by atoms with Crippen LogP contribution in [-0.2, 0) is 33.3 Å². The largest absolute Gasteiger partial charge is 0.455 e. The molecular formula is C12H18O9. The zero-order valence-electron chi connectivity index (χ0n) is 11.8. The molecule has 21 heavy (non-hydrogen) atoms. The lowest BCUT2D eigenvalue weighted by Gasteiger charge is -2.41. The first kappa shape index (κ1) is 17.3. The molecule has 1 saturated heterocycles. The maximum absolute atomic E-state index is 11.1. The van der Waals surface area contributed by atoms with Gasteiger partial charge in [0.05, 0.1) is 6.61 Å². The lowest BCUT2D eigenvalue weighted by atomic mass is 9.98. The van der Waals surface area contributed by atoms with Gasteiger partial charge in [0.2, 0.25) is 12.4 Å². The molecule has 0 aromatic heterocycles. The Balaban J connectivity index is 3.05. The van der Waals surface area contributed by atoms with Gasteiger partial charge in [-0.05, 0) is 0 Å². The number of esters is 3. The van der Waals surface area contributed by atoms with Crippen molar-refractivity contribution in [2.24, 2.45) is 0 Å². The van der Waals surface area contributed by atoms with E-state index in [-0.39, 0.29) is 0 Å². The molecule has 5 atom stereocenters. The number of aliphatic hydroxyl groups is 2. The molecule has 0 spiro atoms. The third-order valence-corrected chi connectivity index (χ3v) is 2.68. The molecule has 120 valence electrons. The van der Waals surface area contributed by atoms with Gasteiger partial charge in [-0.3, -0.25) is 14.4 Å². The van der Waals surface area contributed by atoms with Crippen LogP contribution >= 0.6 is 0 Å². The zero-order valence-corrected chi connectivity index (χ0v) is 11.8. The van der Waals surface area contributed by atoms with Crippen molar-refractivity contribution in [1.82, 2.24) is 0 Å². The van der Waals surface area contributed by atoms with Gasteiger partial charge in [-0.1, -0.05) is 0 Å². The Morgan fingerprint density at radius 3 is 1.86 bits per heavy atom. The fourth-order valence-corrected chi connectivity index (χ4v) is 1.94. The average Bonchev–Trinajstić information content (AvgIpc) is 2.35. The molecule has 1 fully saturated rings. The molecule has 0 aliphatic carbocycles. The van der Waals surface area contributed by atoms with Crippen LogP contribution in [0.3, 0.4) is 0 Å². The van der Waals surface area contributed by atoms with Gasteiger partial charge in [-0.25, -0.2) is 0 Å². The van der Waals surface area contributed by atoms with E-state index in [4.69, 9.17) is 24.1 Å². The summed E-state index contributed by atoms with van der Waals surface area (Å²) in [6.45, 7) is 2.69. The van der Waals surface area contributed by atoms with Gasteiger partial charge in [-0.2, -0.15) is 0 Å². The summed E-state index contributed by atoms with van der Waals surface area (Å²) in [6, 6.07) is 0. The number of ether oxygens (including phenoxy) is 4. The number of carbonyl (C=O) groups is 3. The van der Waals surface area contributed by atoms with E-state index in [0.29, 0.717) is 0 Å². The van der Waals surface area contributed by atoms with Gasteiger partial charge in [0.15, 0.2) is 6.10 Å². The summed E-state index contributed by atoms with van der Waals surface area (Å²) >= 11 is 0.